The molecule has 2 amide bonds. The Hall–Kier alpha value is -2.86. The molecule has 1 aliphatic heterocycles. The predicted molar refractivity (Wildman–Crippen MR) is 128 cm³/mol. The fourth-order valence-electron chi connectivity index (χ4n) is 4.40. The maximum atomic E-state index is 13.4. The van der Waals surface area contributed by atoms with Gasteiger partial charge in [-0.1, -0.05) is 55.8 Å². The SMILES string of the molecule is COC(=O)CC1(c2ccc(Cl)cc2)CCN(C(=O)[C@H](NC(=O)c2ccccc2)C(C)C)CC1. The zero-order valence-electron chi connectivity index (χ0n) is 19.3. The number of carbonyl (C=O) groups excluding carboxylic acids is 3. The Morgan fingerprint density at radius 3 is 2.18 bits per heavy atom. The molecule has 0 bridgehead atoms. The zero-order chi connectivity index (χ0) is 24.0. The first-order valence-electron chi connectivity index (χ1n) is 11.2. The molecule has 2 aromatic rings. The highest BCUT2D eigenvalue weighted by Gasteiger charge is 2.41. The van der Waals surface area contributed by atoms with Crippen molar-refractivity contribution >= 4 is 29.4 Å². The normalized spacial score (nSPS) is 16.2. The molecule has 0 unspecified atom stereocenters. The third kappa shape index (κ3) is 5.93. The number of halogens is 1. The number of likely N-dealkylation sites (tertiary alicyclic amines) is 1. The number of hydrogen-bond donors (Lipinski definition) is 1. The quantitative estimate of drug-likeness (QED) is 0.615. The minimum Gasteiger partial charge on any atom is -0.469 e. The summed E-state index contributed by atoms with van der Waals surface area (Å²) in [7, 11) is 1.39. The van der Waals surface area contributed by atoms with Gasteiger partial charge in [-0.15, -0.1) is 0 Å². The Morgan fingerprint density at radius 2 is 1.64 bits per heavy atom. The summed E-state index contributed by atoms with van der Waals surface area (Å²) < 4.78 is 4.96. The maximum Gasteiger partial charge on any atom is 0.306 e. The van der Waals surface area contributed by atoms with Gasteiger partial charge in [-0.05, 0) is 48.6 Å². The van der Waals surface area contributed by atoms with E-state index in [1.807, 2.05) is 44.2 Å². The van der Waals surface area contributed by atoms with E-state index in [9.17, 15) is 14.4 Å². The summed E-state index contributed by atoms with van der Waals surface area (Å²) in [6.45, 7) is 4.83. The molecular formula is C26H31ClN2O4. The lowest BCUT2D eigenvalue weighted by Crippen LogP contribution is -2.54. The van der Waals surface area contributed by atoms with Crippen molar-refractivity contribution < 1.29 is 19.1 Å². The van der Waals surface area contributed by atoms with Crippen LogP contribution in [0.3, 0.4) is 0 Å². The molecule has 0 aromatic heterocycles. The van der Waals surface area contributed by atoms with E-state index in [4.69, 9.17) is 16.3 Å². The van der Waals surface area contributed by atoms with Gasteiger partial charge in [0.15, 0.2) is 0 Å². The molecule has 0 spiro atoms. The number of nitrogens with one attached hydrogen (secondary N) is 1. The minimum absolute atomic E-state index is 0.0665. The largest absolute Gasteiger partial charge is 0.469 e. The third-order valence-electron chi connectivity index (χ3n) is 6.45. The van der Waals surface area contributed by atoms with Gasteiger partial charge in [-0.3, -0.25) is 14.4 Å². The number of nitrogens with zero attached hydrogens (tertiary/aromatic N) is 1. The van der Waals surface area contributed by atoms with Crippen molar-refractivity contribution in [1.82, 2.24) is 10.2 Å². The van der Waals surface area contributed by atoms with Crippen LogP contribution in [0.5, 0.6) is 0 Å². The number of piperidine rings is 1. The summed E-state index contributed by atoms with van der Waals surface area (Å²) in [4.78, 5) is 40.1. The highest BCUT2D eigenvalue weighted by Crippen LogP contribution is 2.39. The lowest BCUT2D eigenvalue weighted by atomic mass is 9.70. The number of esters is 1. The second kappa shape index (κ2) is 10.8. The molecule has 3 rings (SSSR count). The molecule has 0 radical (unpaired) electrons. The van der Waals surface area contributed by atoms with Crippen LogP contribution in [0.4, 0.5) is 0 Å². The van der Waals surface area contributed by atoms with Crippen LogP contribution in [0.1, 0.15) is 49.0 Å². The van der Waals surface area contributed by atoms with Gasteiger partial charge in [0.05, 0.1) is 13.5 Å². The van der Waals surface area contributed by atoms with Gasteiger partial charge in [-0.2, -0.15) is 0 Å². The zero-order valence-corrected chi connectivity index (χ0v) is 20.1. The van der Waals surface area contributed by atoms with E-state index in [0.717, 1.165) is 5.56 Å². The monoisotopic (exact) mass is 470 g/mol. The van der Waals surface area contributed by atoms with Crippen LogP contribution in [-0.4, -0.2) is 48.9 Å². The van der Waals surface area contributed by atoms with Gasteiger partial charge >= 0.3 is 5.97 Å². The molecule has 33 heavy (non-hydrogen) atoms. The average Bonchev–Trinajstić information content (AvgIpc) is 2.83. The molecule has 1 fully saturated rings. The second-order valence-corrected chi connectivity index (χ2v) is 9.36. The van der Waals surface area contributed by atoms with Crippen LogP contribution in [0.15, 0.2) is 54.6 Å². The summed E-state index contributed by atoms with van der Waals surface area (Å²) in [6.07, 6.45) is 1.48. The predicted octanol–water partition coefficient (Wildman–Crippen LogP) is 4.22. The van der Waals surface area contributed by atoms with E-state index in [2.05, 4.69) is 5.32 Å². The van der Waals surface area contributed by atoms with Crippen LogP contribution < -0.4 is 5.32 Å². The molecule has 1 heterocycles. The Balaban J connectivity index is 1.74. The van der Waals surface area contributed by atoms with E-state index < -0.39 is 11.5 Å². The molecular weight excluding hydrogens is 440 g/mol. The van der Waals surface area contributed by atoms with Gasteiger partial charge in [0.2, 0.25) is 5.91 Å². The minimum atomic E-state index is -0.624. The molecule has 0 aliphatic carbocycles. The van der Waals surface area contributed by atoms with Crippen LogP contribution in [0, 0.1) is 5.92 Å². The highest BCUT2D eigenvalue weighted by molar-refractivity contribution is 6.30. The van der Waals surface area contributed by atoms with E-state index in [1.165, 1.54) is 7.11 Å². The number of methoxy groups -OCH3 is 1. The summed E-state index contributed by atoms with van der Waals surface area (Å²) in [5.41, 5.74) is 1.12. The summed E-state index contributed by atoms with van der Waals surface area (Å²) in [5.74, 6) is -0.707. The first-order chi connectivity index (χ1) is 15.8. The van der Waals surface area contributed by atoms with Gasteiger partial charge in [-0.25, -0.2) is 0 Å². The van der Waals surface area contributed by atoms with Gasteiger partial charge in [0.25, 0.3) is 5.91 Å². The first kappa shape index (κ1) is 24.8. The van der Waals surface area contributed by atoms with Gasteiger partial charge < -0.3 is 15.0 Å². The summed E-state index contributed by atoms with van der Waals surface area (Å²) in [5, 5.41) is 3.54. The molecule has 1 atom stereocenters. The Kier molecular flexibility index (Phi) is 8.14. The summed E-state index contributed by atoms with van der Waals surface area (Å²) in [6, 6.07) is 15.8. The van der Waals surface area contributed by atoms with Crippen molar-refractivity contribution in [3.05, 3.63) is 70.7 Å². The van der Waals surface area contributed by atoms with E-state index in [0.29, 0.717) is 36.5 Å². The van der Waals surface area contributed by atoms with Crippen LogP contribution >= 0.6 is 11.6 Å². The molecule has 1 aliphatic rings. The standard InChI is InChI=1S/C26H31ClN2O4/c1-18(2)23(28-24(31)19-7-5-4-6-8-19)25(32)29-15-13-26(14-16-29,17-22(30)33-3)20-9-11-21(27)12-10-20/h4-12,18,23H,13-17H2,1-3H3,(H,28,31)/t23-/m1/s1. The maximum absolute atomic E-state index is 13.4. The Morgan fingerprint density at radius 1 is 1.03 bits per heavy atom. The van der Waals surface area contributed by atoms with Gasteiger partial charge in [0, 0.05) is 29.1 Å². The van der Waals surface area contributed by atoms with Crippen molar-refractivity contribution in [2.24, 2.45) is 5.92 Å². The van der Waals surface area contributed by atoms with Crippen molar-refractivity contribution in [3.63, 3.8) is 0 Å². The van der Waals surface area contributed by atoms with Crippen LogP contribution in [-0.2, 0) is 19.7 Å². The van der Waals surface area contributed by atoms with Gasteiger partial charge in [0.1, 0.15) is 6.04 Å². The highest BCUT2D eigenvalue weighted by atomic mass is 35.5. The van der Waals surface area contributed by atoms with Crippen molar-refractivity contribution in [1.29, 1.82) is 0 Å². The molecule has 7 heteroatoms. The fourth-order valence-corrected chi connectivity index (χ4v) is 4.52. The molecule has 1 N–H and O–H groups in total. The van der Waals surface area contributed by atoms with Crippen molar-refractivity contribution in [2.75, 3.05) is 20.2 Å². The topological polar surface area (TPSA) is 75.7 Å². The first-order valence-corrected chi connectivity index (χ1v) is 11.6. The van der Waals surface area contributed by atoms with Crippen molar-refractivity contribution in [3.8, 4) is 0 Å². The Labute approximate surface area is 200 Å². The fraction of sp³-hybridized carbons (Fsp3) is 0.423. The van der Waals surface area contributed by atoms with Crippen LogP contribution in [0.2, 0.25) is 5.02 Å². The molecule has 2 aromatic carbocycles. The van der Waals surface area contributed by atoms with E-state index in [-0.39, 0.29) is 30.1 Å². The smallest absolute Gasteiger partial charge is 0.306 e. The van der Waals surface area contributed by atoms with E-state index in [1.54, 1.807) is 29.2 Å². The lowest BCUT2D eigenvalue weighted by Gasteiger charge is -2.43. The number of rotatable bonds is 7. The Bertz CT molecular complexity index is 968. The third-order valence-corrected chi connectivity index (χ3v) is 6.71. The second-order valence-electron chi connectivity index (χ2n) is 8.93. The van der Waals surface area contributed by atoms with E-state index >= 15 is 0 Å². The number of amides is 2. The van der Waals surface area contributed by atoms with Crippen LogP contribution in [0.25, 0.3) is 0 Å². The molecule has 0 saturated carbocycles. The van der Waals surface area contributed by atoms with Crippen molar-refractivity contribution in [2.45, 2.75) is 44.6 Å². The average molecular weight is 471 g/mol. The molecule has 176 valence electrons. The number of ether oxygens (including phenoxy) is 1. The molecule has 1 saturated heterocycles. The number of carbonyl (C=O) groups is 3. The lowest BCUT2D eigenvalue weighted by molar-refractivity contribution is -0.143. The number of benzene rings is 2. The summed E-state index contributed by atoms with van der Waals surface area (Å²) >= 11 is 6.06. The number of hydrogen-bond acceptors (Lipinski definition) is 4. The molecule has 6 nitrogen and oxygen atoms in total.